The number of ether oxygens (including phenoxy) is 1. The number of carbonyl (C=O) groups is 1. The molecule has 6 rings (SSSR count). The first-order chi connectivity index (χ1) is 20.0. The fourth-order valence-corrected chi connectivity index (χ4v) is 6.87. The molecule has 1 saturated carbocycles. The molecule has 0 unspecified atom stereocenters. The second-order valence-electron chi connectivity index (χ2n) is 10.4. The first-order valence-electron chi connectivity index (χ1n) is 13.9. The van der Waals surface area contributed by atoms with Crippen LogP contribution in [0.5, 0.6) is 11.6 Å². The van der Waals surface area contributed by atoms with Crippen molar-refractivity contribution >= 4 is 28.7 Å². The van der Waals surface area contributed by atoms with Gasteiger partial charge in [-0.1, -0.05) is 18.2 Å². The maximum absolute atomic E-state index is 14.2. The van der Waals surface area contributed by atoms with Gasteiger partial charge in [-0.3, -0.25) is 18.7 Å². The Bertz CT molecular complexity index is 1680. The average molecular weight is 576 g/mol. The van der Waals surface area contributed by atoms with Crippen molar-refractivity contribution < 1.29 is 13.9 Å². The molecule has 1 saturated heterocycles. The van der Waals surface area contributed by atoms with E-state index in [2.05, 4.69) is 15.3 Å². The molecule has 2 fully saturated rings. The molecule has 212 valence electrons. The number of halogens is 1. The van der Waals surface area contributed by atoms with Crippen molar-refractivity contribution in [2.75, 3.05) is 11.5 Å². The molecule has 0 bridgehead atoms. The van der Waals surface area contributed by atoms with E-state index in [0.717, 1.165) is 30.5 Å². The van der Waals surface area contributed by atoms with E-state index in [1.807, 2.05) is 30.0 Å². The van der Waals surface area contributed by atoms with Crippen LogP contribution in [0, 0.1) is 5.82 Å². The van der Waals surface area contributed by atoms with E-state index in [0.29, 0.717) is 37.0 Å². The number of rotatable bonds is 6. The van der Waals surface area contributed by atoms with Gasteiger partial charge in [0.2, 0.25) is 5.88 Å². The van der Waals surface area contributed by atoms with Crippen LogP contribution in [-0.4, -0.2) is 42.6 Å². The molecule has 1 aromatic carbocycles. The Morgan fingerprint density at radius 3 is 2.41 bits per heavy atom. The van der Waals surface area contributed by atoms with Gasteiger partial charge in [0.25, 0.3) is 11.5 Å². The van der Waals surface area contributed by atoms with E-state index in [9.17, 15) is 18.8 Å². The molecule has 1 aliphatic carbocycles. The third-order valence-electron chi connectivity index (χ3n) is 7.85. The molecule has 4 heterocycles. The zero-order chi connectivity index (χ0) is 28.3. The van der Waals surface area contributed by atoms with Gasteiger partial charge >= 0.3 is 5.69 Å². The smallest absolute Gasteiger partial charge is 0.333 e. The molecule has 0 radical (unpaired) electrons. The number of thioether (sulfide) groups is 1. The maximum atomic E-state index is 14.2. The molecule has 11 heteroatoms. The van der Waals surface area contributed by atoms with Crippen molar-refractivity contribution in [2.45, 2.75) is 56.7 Å². The minimum atomic E-state index is -0.608. The first kappa shape index (κ1) is 27.2. The standard InChI is InChI=1S/C30H30FN5O4S/c31-19-17-25-26(33-18-19)35(22-12-15-41-16-13-22)30(39)36(29(25)38)21-10-8-20(9-11-21)34-27(37)24-7-4-14-32-28(24)40-23-5-2-1-3-6-23/h1-7,14,17-18,20-22H,8-13,15-16H2,(H,34,37)/t20-,21+. The molecule has 41 heavy (non-hydrogen) atoms. The lowest BCUT2D eigenvalue weighted by Crippen LogP contribution is -2.46. The zero-order valence-electron chi connectivity index (χ0n) is 22.4. The molecule has 4 aromatic rings. The van der Waals surface area contributed by atoms with Gasteiger partial charge < -0.3 is 10.1 Å². The molecule has 1 amide bonds. The normalized spacial score (nSPS) is 19.6. The first-order valence-corrected chi connectivity index (χ1v) is 15.0. The van der Waals surface area contributed by atoms with Crippen LogP contribution in [0.15, 0.2) is 70.5 Å². The van der Waals surface area contributed by atoms with Gasteiger partial charge in [-0.05, 0) is 80.4 Å². The number of carbonyl (C=O) groups excluding carboxylic acids is 1. The van der Waals surface area contributed by atoms with Crippen molar-refractivity contribution in [1.82, 2.24) is 24.4 Å². The molecular formula is C30H30FN5O4S. The summed E-state index contributed by atoms with van der Waals surface area (Å²) in [6.45, 7) is 0. The SMILES string of the molecule is O=C(N[C@H]1CC[C@@H](n2c(=O)c3cc(F)cnc3n(C3CCSCC3)c2=O)CC1)c1cccnc1Oc1ccccc1. The van der Waals surface area contributed by atoms with Crippen LogP contribution in [0.3, 0.4) is 0 Å². The van der Waals surface area contributed by atoms with E-state index < -0.39 is 11.4 Å². The van der Waals surface area contributed by atoms with Crippen LogP contribution in [0.25, 0.3) is 11.0 Å². The van der Waals surface area contributed by atoms with Gasteiger partial charge in [0.05, 0.1) is 11.6 Å². The Morgan fingerprint density at radius 2 is 1.66 bits per heavy atom. The average Bonchev–Trinajstić information content (AvgIpc) is 3.00. The van der Waals surface area contributed by atoms with Crippen LogP contribution < -0.4 is 21.3 Å². The number of hydrogen-bond donors (Lipinski definition) is 1. The molecule has 1 N–H and O–H groups in total. The van der Waals surface area contributed by atoms with Gasteiger partial charge in [-0.25, -0.2) is 19.2 Å². The predicted octanol–water partition coefficient (Wildman–Crippen LogP) is 4.87. The Balaban J connectivity index is 1.21. The molecule has 0 atom stereocenters. The summed E-state index contributed by atoms with van der Waals surface area (Å²) in [7, 11) is 0. The van der Waals surface area contributed by atoms with E-state index >= 15 is 0 Å². The summed E-state index contributed by atoms with van der Waals surface area (Å²) in [5.41, 5.74) is -0.319. The summed E-state index contributed by atoms with van der Waals surface area (Å²) < 4.78 is 22.9. The second kappa shape index (κ2) is 11.9. The summed E-state index contributed by atoms with van der Waals surface area (Å²) in [6, 6.07) is 13.1. The third kappa shape index (κ3) is 5.63. The summed E-state index contributed by atoms with van der Waals surface area (Å²) >= 11 is 1.84. The number of aromatic nitrogens is 4. The van der Waals surface area contributed by atoms with E-state index in [1.54, 1.807) is 35.0 Å². The molecular weight excluding hydrogens is 545 g/mol. The fraction of sp³-hybridized carbons (Fsp3) is 0.367. The number of nitrogens with one attached hydrogen (secondary N) is 1. The lowest BCUT2D eigenvalue weighted by molar-refractivity contribution is 0.0919. The number of hydrogen-bond acceptors (Lipinski definition) is 7. The van der Waals surface area contributed by atoms with Crippen LogP contribution in [0.1, 0.15) is 61.0 Å². The molecule has 0 spiro atoms. The predicted molar refractivity (Wildman–Crippen MR) is 155 cm³/mol. The highest BCUT2D eigenvalue weighted by molar-refractivity contribution is 7.99. The quantitative estimate of drug-likeness (QED) is 0.350. The Labute approximate surface area is 239 Å². The van der Waals surface area contributed by atoms with Crippen molar-refractivity contribution in [3.63, 3.8) is 0 Å². The lowest BCUT2D eigenvalue weighted by Gasteiger charge is -2.31. The molecule has 9 nitrogen and oxygen atoms in total. The number of amides is 1. The summed E-state index contributed by atoms with van der Waals surface area (Å²) in [6.07, 6.45) is 6.42. The van der Waals surface area contributed by atoms with Crippen molar-refractivity contribution in [3.8, 4) is 11.6 Å². The van der Waals surface area contributed by atoms with Crippen molar-refractivity contribution in [1.29, 1.82) is 0 Å². The van der Waals surface area contributed by atoms with Crippen molar-refractivity contribution in [2.24, 2.45) is 0 Å². The van der Waals surface area contributed by atoms with Gasteiger partial charge in [0.1, 0.15) is 22.8 Å². The highest BCUT2D eigenvalue weighted by atomic mass is 32.2. The molecule has 1 aliphatic heterocycles. The van der Waals surface area contributed by atoms with Gasteiger partial charge in [-0.2, -0.15) is 11.8 Å². The van der Waals surface area contributed by atoms with Crippen molar-refractivity contribution in [3.05, 3.63) is 93.1 Å². The summed E-state index contributed by atoms with van der Waals surface area (Å²) in [5, 5.41) is 3.20. The van der Waals surface area contributed by atoms with Gasteiger partial charge in [0.15, 0.2) is 0 Å². The zero-order valence-corrected chi connectivity index (χ0v) is 23.2. The Morgan fingerprint density at radius 1 is 0.927 bits per heavy atom. The number of para-hydroxylation sites is 1. The largest absolute Gasteiger partial charge is 0.438 e. The van der Waals surface area contributed by atoms with Crippen LogP contribution >= 0.6 is 11.8 Å². The van der Waals surface area contributed by atoms with Gasteiger partial charge in [0, 0.05) is 24.3 Å². The lowest BCUT2D eigenvalue weighted by atomic mass is 9.90. The molecule has 2 aliphatic rings. The highest BCUT2D eigenvalue weighted by Gasteiger charge is 2.30. The fourth-order valence-electron chi connectivity index (χ4n) is 5.79. The maximum Gasteiger partial charge on any atom is 0.333 e. The third-order valence-corrected chi connectivity index (χ3v) is 8.90. The molecule has 3 aromatic heterocycles. The van der Waals surface area contributed by atoms with Gasteiger partial charge in [-0.15, -0.1) is 0 Å². The second-order valence-corrected chi connectivity index (χ2v) is 11.7. The van der Waals surface area contributed by atoms with Crippen LogP contribution in [0.2, 0.25) is 0 Å². The Kier molecular flexibility index (Phi) is 7.86. The number of pyridine rings is 2. The highest BCUT2D eigenvalue weighted by Crippen LogP contribution is 2.31. The Hall–Kier alpha value is -3.99. The minimum absolute atomic E-state index is 0.0847. The monoisotopic (exact) mass is 575 g/mol. The number of fused-ring (bicyclic) bond motifs is 1. The van der Waals surface area contributed by atoms with E-state index in [-0.39, 0.29) is 46.6 Å². The van der Waals surface area contributed by atoms with E-state index in [1.165, 1.54) is 10.6 Å². The van der Waals surface area contributed by atoms with Crippen LogP contribution in [-0.2, 0) is 0 Å². The number of nitrogens with zero attached hydrogens (tertiary/aromatic N) is 4. The number of benzene rings is 1. The minimum Gasteiger partial charge on any atom is -0.438 e. The summed E-state index contributed by atoms with van der Waals surface area (Å²) in [4.78, 5) is 48.9. The summed E-state index contributed by atoms with van der Waals surface area (Å²) in [5.74, 6) is 1.72. The topological polar surface area (TPSA) is 108 Å². The van der Waals surface area contributed by atoms with Crippen LogP contribution in [0.4, 0.5) is 4.39 Å². The van der Waals surface area contributed by atoms with E-state index in [4.69, 9.17) is 4.74 Å².